The summed E-state index contributed by atoms with van der Waals surface area (Å²) >= 11 is 0. The lowest BCUT2D eigenvalue weighted by atomic mass is 10.1. The third-order valence-corrected chi connectivity index (χ3v) is 0.276. The molecule has 0 amide bonds. The molecule has 0 bridgehead atoms. The summed E-state index contributed by atoms with van der Waals surface area (Å²) in [6, 6.07) is 0. The highest BCUT2D eigenvalue weighted by atomic mass is 19.4. The fourth-order valence-electron chi connectivity index (χ4n) is 0.138. The van der Waals surface area contributed by atoms with Gasteiger partial charge in [-0.05, 0) is 0 Å². The quantitative estimate of drug-likeness (QED) is 0.485. The maximum absolute atomic E-state index is 10.8. The van der Waals surface area contributed by atoms with E-state index >= 15 is 0 Å². The Hall–Kier alpha value is -0.200. The summed E-state index contributed by atoms with van der Waals surface area (Å²) in [4.78, 5) is 0. The molecule has 8 heavy (non-hydrogen) atoms. The highest BCUT2D eigenvalue weighted by Crippen LogP contribution is 2.08. The summed E-state index contributed by atoms with van der Waals surface area (Å²) in [5.41, 5.74) is 0. The van der Waals surface area contributed by atoms with Gasteiger partial charge in [-0.1, -0.05) is 0 Å². The third-order valence-electron chi connectivity index (χ3n) is 0.276. The van der Waals surface area contributed by atoms with Gasteiger partial charge in [-0.2, -0.15) is 0 Å². The molecule has 0 aliphatic rings. The molecule has 0 heterocycles. The van der Waals surface area contributed by atoms with E-state index < -0.39 is 14.5 Å². The molecule has 0 saturated carbocycles. The SMILES string of the molecule is OB(O)O[B-](F)(F)F. The summed E-state index contributed by atoms with van der Waals surface area (Å²) in [7, 11) is -8.29. The lowest BCUT2D eigenvalue weighted by Gasteiger charge is -2.14. The molecule has 0 spiro atoms. The molecule has 0 unspecified atom stereocenters. The minimum atomic E-state index is -5.54. The molecule has 0 aromatic carbocycles. The Morgan fingerprint density at radius 3 is 1.62 bits per heavy atom. The van der Waals surface area contributed by atoms with Gasteiger partial charge in [0.25, 0.3) is 0 Å². The molecule has 0 fully saturated rings. The Morgan fingerprint density at radius 2 is 1.62 bits per heavy atom. The van der Waals surface area contributed by atoms with Crippen molar-refractivity contribution in [3.8, 4) is 0 Å². The van der Waals surface area contributed by atoms with Gasteiger partial charge < -0.3 is 27.6 Å². The molecule has 0 radical (unpaired) electrons. The van der Waals surface area contributed by atoms with Crippen LogP contribution < -0.4 is 0 Å². The van der Waals surface area contributed by atoms with Crippen molar-refractivity contribution in [3.05, 3.63) is 0 Å². The van der Waals surface area contributed by atoms with Crippen LogP contribution >= 0.6 is 0 Å². The van der Waals surface area contributed by atoms with Crippen molar-refractivity contribution in [2.24, 2.45) is 0 Å². The highest BCUT2D eigenvalue weighted by molar-refractivity contribution is 6.59. The van der Waals surface area contributed by atoms with Crippen molar-refractivity contribution >= 4 is 14.5 Å². The molecule has 0 aliphatic heterocycles. The van der Waals surface area contributed by atoms with Gasteiger partial charge in [-0.25, -0.2) is 0 Å². The summed E-state index contributed by atoms with van der Waals surface area (Å²) in [6.07, 6.45) is 0. The maximum atomic E-state index is 10.8. The lowest BCUT2D eigenvalue weighted by molar-refractivity contribution is 0.208. The van der Waals surface area contributed by atoms with Gasteiger partial charge in [0, 0.05) is 0 Å². The number of rotatable bonds is 2. The van der Waals surface area contributed by atoms with Gasteiger partial charge >= 0.3 is 14.5 Å². The molecule has 0 aromatic rings. The Bertz CT molecular complexity index is 67.4. The molecule has 2 N–H and O–H groups in total. The Labute approximate surface area is 43.3 Å². The normalized spacial score (nSPS) is 11.6. The van der Waals surface area contributed by atoms with Gasteiger partial charge in [-0.3, -0.25) is 0 Å². The van der Waals surface area contributed by atoms with Gasteiger partial charge in [0.15, 0.2) is 0 Å². The molecular weight excluding hydrogens is 127 g/mol. The first-order chi connectivity index (χ1) is 3.42. The standard InChI is InChI=1S/B2F3H2O3/c3-2(4,5)8-1(6)7/h6-7H/q-1. The largest absolute Gasteiger partial charge is 0.626 e. The van der Waals surface area contributed by atoms with E-state index in [2.05, 4.69) is 4.57 Å². The molecule has 48 valence electrons. The van der Waals surface area contributed by atoms with E-state index in [1.807, 2.05) is 0 Å². The molecule has 0 saturated heterocycles. The van der Waals surface area contributed by atoms with E-state index in [1.54, 1.807) is 0 Å². The highest BCUT2D eigenvalue weighted by Gasteiger charge is 2.30. The summed E-state index contributed by atoms with van der Waals surface area (Å²) in [6.45, 7) is 0. The Morgan fingerprint density at radius 1 is 1.25 bits per heavy atom. The fourth-order valence-corrected chi connectivity index (χ4v) is 0.138. The van der Waals surface area contributed by atoms with Crippen LogP contribution in [0.25, 0.3) is 0 Å². The summed E-state index contributed by atoms with van der Waals surface area (Å²) < 4.78 is 35.1. The van der Waals surface area contributed by atoms with Crippen LogP contribution in [0.4, 0.5) is 12.9 Å². The van der Waals surface area contributed by atoms with Gasteiger partial charge in [0.05, 0.1) is 0 Å². The molecule has 0 atom stereocenters. The molecule has 0 aliphatic carbocycles. The number of hydrogen-bond acceptors (Lipinski definition) is 3. The smallest absolute Gasteiger partial charge is 0.526 e. The van der Waals surface area contributed by atoms with Crippen molar-refractivity contribution in [2.75, 3.05) is 0 Å². The molecule has 0 aromatic heterocycles. The second kappa shape index (κ2) is 2.38. The second-order valence-electron chi connectivity index (χ2n) is 0.977. The average Bonchev–Trinajstić information content (AvgIpc) is 1.21. The zero-order valence-corrected chi connectivity index (χ0v) is 3.59. The average molecular weight is 129 g/mol. The minimum absolute atomic E-state index is 2.61. The Balaban J connectivity index is 3.39. The van der Waals surface area contributed by atoms with Crippen molar-refractivity contribution in [3.63, 3.8) is 0 Å². The minimum Gasteiger partial charge on any atom is -0.526 e. The zero-order chi connectivity index (χ0) is 6.78. The third kappa shape index (κ3) is 5.80. The van der Waals surface area contributed by atoms with Crippen LogP contribution in [-0.4, -0.2) is 24.5 Å². The van der Waals surface area contributed by atoms with E-state index in [4.69, 9.17) is 10.0 Å². The summed E-state index contributed by atoms with van der Waals surface area (Å²) in [5, 5.41) is 15.0. The van der Waals surface area contributed by atoms with E-state index in [1.165, 1.54) is 0 Å². The van der Waals surface area contributed by atoms with Crippen LogP contribution in [-0.2, 0) is 4.57 Å². The first-order valence-corrected chi connectivity index (χ1v) is 1.64. The topological polar surface area (TPSA) is 49.7 Å². The Kier molecular flexibility index (Phi) is 2.32. The lowest BCUT2D eigenvalue weighted by Crippen LogP contribution is -2.31. The van der Waals surface area contributed by atoms with Crippen LogP contribution in [0.5, 0.6) is 0 Å². The maximum Gasteiger partial charge on any atom is 0.626 e. The first-order valence-electron chi connectivity index (χ1n) is 1.64. The van der Waals surface area contributed by atoms with Crippen LogP contribution in [0.15, 0.2) is 0 Å². The van der Waals surface area contributed by atoms with E-state index in [0.29, 0.717) is 0 Å². The van der Waals surface area contributed by atoms with Crippen molar-refractivity contribution in [2.45, 2.75) is 0 Å². The monoisotopic (exact) mass is 129 g/mol. The number of hydrogen-bond donors (Lipinski definition) is 2. The predicted molar refractivity (Wildman–Crippen MR) is 20.4 cm³/mol. The molecule has 0 rings (SSSR count). The van der Waals surface area contributed by atoms with Gasteiger partial charge in [-0.15, -0.1) is 0 Å². The van der Waals surface area contributed by atoms with Crippen LogP contribution in [0, 0.1) is 0 Å². The van der Waals surface area contributed by atoms with Gasteiger partial charge in [0.2, 0.25) is 0 Å². The van der Waals surface area contributed by atoms with Crippen molar-refractivity contribution in [1.29, 1.82) is 0 Å². The van der Waals surface area contributed by atoms with Gasteiger partial charge in [0.1, 0.15) is 0 Å². The molecule has 3 nitrogen and oxygen atoms in total. The zero-order valence-electron chi connectivity index (χ0n) is 3.59. The van der Waals surface area contributed by atoms with E-state index in [-0.39, 0.29) is 0 Å². The summed E-state index contributed by atoms with van der Waals surface area (Å²) in [5.74, 6) is 0. The number of halogens is 3. The van der Waals surface area contributed by atoms with Crippen LogP contribution in [0.1, 0.15) is 0 Å². The van der Waals surface area contributed by atoms with Crippen molar-refractivity contribution < 1.29 is 27.6 Å². The van der Waals surface area contributed by atoms with Crippen LogP contribution in [0.3, 0.4) is 0 Å². The van der Waals surface area contributed by atoms with E-state index in [0.717, 1.165) is 0 Å². The van der Waals surface area contributed by atoms with E-state index in [9.17, 15) is 12.9 Å². The molecule has 8 heteroatoms. The first kappa shape index (κ1) is 7.80. The molecular formula is H2B2F3O3-. The second-order valence-corrected chi connectivity index (χ2v) is 0.977. The predicted octanol–water partition coefficient (Wildman–Crippen LogP) is -0.683. The van der Waals surface area contributed by atoms with Crippen LogP contribution in [0.2, 0.25) is 0 Å². The van der Waals surface area contributed by atoms with Crippen molar-refractivity contribution in [1.82, 2.24) is 0 Å². The fraction of sp³-hybridized carbons (Fsp3) is 0.